The number of hydrogen-bond donors (Lipinski definition) is 0. The van der Waals surface area contributed by atoms with E-state index in [0.717, 1.165) is 24.6 Å². The molecule has 100 valence electrons. The lowest BCUT2D eigenvalue weighted by molar-refractivity contribution is -0.0994. The van der Waals surface area contributed by atoms with Gasteiger partial charge in [-0.1, -0.05) is 12.8 Å². The number of hydrogen-bond acceptors (Lipinski definition) is 4. The summed E-state index contributed by atoms with van der Waals surface area (Å²) in [6.07, 6.45) is 7.26. The maximum atomic E-state index is 5.88. The summed E-state index contributed by atoms with van der Waals surface area (Å²) < 4.78 is 10.5. The zero-order valence-corrected chi connectivity index (χ0v) is 11.6. The Morgan fingerprint density at radius 2 is 2.28 bits per heavy atom. The molecule has 0 N–H and O–H groups in total. The second-order valence-corrected chi connectivity index (χ2v) is 5.60. The van der Waals surface area contributed by atoms with Crippen LogP contribution >= 0.6 is 12.2 Å². The first kappa shape index (κ1) is 12.3. The van der Waals surface area contributed by atoms with Crippen LogP contribution in [0.4, 0.5) is 0 Å². The third-order valence-electron chi connectivity index (χ3n) is 4.05. The number of morpholine rings is 1. The molecule has 1 aliphatic heterocycles. The van der Waals surface area contributed by atoms with E-state index in [-0.39, 0.29) is 0 Å². The van der Waals surface area contributed by atoms with E-state index in [0.29, 0.717) is 12.1 Å². The van der Waals surface area contributed by atoms with Gasteiger partial charge in [0.1, 0.15) is 6.33 Å². The van der Waals surface area contributed by atoms with E-state index in [1.807, 2.05) is 16.3 Å². The minimum absolute atomic E-state index is 0.422. The van der Waals surface area contributed by atoms with E-state index in [1.54, 1.807) is 6.33 Å². The highest BCUT2D eigenvalue weighted by Gasteiger charge is 2.34. The van der Waals surface area contributed by atoms with Crippen molar-refractivity contribution in [1.29, 1.82) is 0 Å². The van der Waals surface area contributed by atoms with Crippen LogP contribution in [0.25, 0.3) is 0 Å². The molecule has 3 rings (SSSR count). The van der Waals surface area contributed by atoms with E-state index in [4.69, 9.17) is 17.0 Å². The number of aryl methyl sites for hydroxylation is 1. The lowest BCUT2D eigenvalue weighted by atomic mass is 9.90. The van der Waals surface area contributed by atoms with Crippen molar-refractivity contribution >= 4 is 12.2 Å². The van der Waals surface area contributed by atoms with Crippen molar-refractivity contribution in [2.75, 3.05) is 13.2 Å². The predicted molar refractivity (Wildman–Crippen MR) is 70.7 cm³/mol. The van der Waals surface area contributed by atoms with Crippen molar-refractivity contribution in [1.82, 2.24) is 19.2 Å². The van der Waals surface area contributed by atoms with Crippen LogP contribution in [0.5, 0.6) is 0 Å². The number of aromatic nitrogens is 3. The number of rotatable bonds is 2. The first-order valence-electron chi connectivity index (χ1n) is 6.70. The van der Waals surface area contributed by atoms with Crippen LogP contribution in [-0.4, -0.2) is 44.5 Å². The van der Waals surface area contributed by atoms with E-state index < -0.39 is 0 Å². The van der Waals surface area contributed by atoms with Crippen LogP contribution < -0.4 is 0 Å². The SMILES string of the molecule is Cn1cnn(CN2CCO[C@H]3CCCC[C@@H]32)c1=S. The molecule has 0 radical (unpaired) electrons. The summed E-state index contributed by atoms with van der Waals surface area (Å²) >= 11 is 5.35. The van der Waals surface area contributed by atoms with Crippen molar-refractivity contribution in [2.24, 2.45) is 7.05 Å². The molecule has 1 aliphatic carbocycles. The number of ether oxygens (including phenoxy) is 1. The van der Waals surface area contributed by atoms with Gasteiger partial charge in [-0.15, -0.1) is 0 Å². The largest absolute Gasteiger partial charge is 0.375 e. The fourth-order valence-electron chi connectivity index (χ4n) is 3.04. The van der Waals surface area contributed by atoms with E-state index in [9.17, 15) is 0 Å². The molecule has 2 heterocycles. The highest BCUT2D eigenvalue weighted by molar-refractivity contribution is 7.71. The molecule has 2 aliphatic rings. The van der Waals surface area contributed by atoms with Crippen molar-refractivity contribution in [3.63, 3.8) is 0 Å². The molecular formula is C12H20N4OS. The molecule has 0 aromatic carbocycles. The van der Waals surface area contributed by atoms with Gasteiger partial charge in [0.05, 0.1) is 19.4 Å². The Hall–Kier alpha value is -0.720. The Balaban J connectivity index is 1.75. The molecule has 1 saturated heterocycles. The Labute approximate surface area is 112 Å². The first-order valence-corrected chi connectivity index (χ1v) is 7.10. The fourth-order valence-corrected chi connectivity index (χ4v) is 3.19. The van der Waals surface area contributed by atoms with Gasteiger partial charge in [-0.3, -0.25) is 4.90 Å². The average molecular weight is 268 g/mol. The summed E-state index contributed by atoms with van der Waals surface area (Å²) in [7, 11) is 1.94. The van der Waals surface area contributed by atoms with Crippen molar-refractivity contribution in [3.05, 3.63) is 11.1 Å². The monoisotopic (exact) mass is 268 g/mol. The predicted octanol–water partition coefficient (Wildman–Crippen LogP) is 1.55. The zero-order chi connectivity index (χ0) is 12.5. The van der Waals surface area contributed by atoms with Crippen LogP contribution in [-0.2, 0) is 18.5 Å². The molecule has 1 aromatic heterocycles. The van der Waals surface area contributed by atoms with Gasteiger partial charge in [0.25, 0.3) is 0 Å². The summed E-state index contributed by atoms with van der Waals surface area (Å²) in [6, 6.07) is 0.552. The van der Waals surface area contributed by atoms with E-state index in [1.165, 1.54) is 25.7 Å². The summed E-state index contributed by atoms with van der Waals surface area (Å²) in [5.74, 6) is 0. The van der Waals surface area contributed by atoms with Crippen LogP contribution in [0.1, 0.15) is 25.7 Å². The van der Waals surface area contributed by atoms with Gasteiger partial charge in [-0.25, -0.2) is 4.68 Å². The minimum atomic E-state index is 0.422. The van der Waals surface area contributed by atoms with Gasteiger partial charge in [-0.05, 0) is 25.1 Å². The summed E-state index contributed by atoms with van der Waals surface area (Å²) in [4.78, 5) is 2.48. The molecule has 0 spiro atoms. The molecule has 6 heteroatoms. The molecule has 1 saturated carbocycles. The molecule has 0 bridgehead atoms. The third kappa shape index (κ3) is 2.24. The molecule has 0 amide bonds. The molecule has 18 heavy (non-hydrogen) atoms. The minimum Gasteiger partial charge on any atom is -0.375 e. The normalized spacial score (nSPS) is 29.2. The second-order valence-electron chi connectivity index (χ2n) is 5.24. The summed E-state index contributed by atoms with van der Waals surface area (Å²) in [5, 5.41) is 4.34. The van der Waals surface area contributed by atoms with Crippen molar-refractivity contribution in [2.45, 2.75) is 44.5 Å². The van der Waals surface area contributed by atoms with E-state index >= 15 is 0 Å². The highest BCUT2D eigenvalue weighted by atomic mass is 32.1. The third-order valence-corrected chi connectivity index (χ3v) is 4.55. The second kappa shape index (κ2) is 5.11. The van der Waals surface area contributed by atoms with Gasteiger partial charge >= 0.3 is 0 Å². The maximum Gasteiger partial charge on any atom is 0.198 e. The van der Waals surface area contributed by atoms with Crippen LogP contribution in [0, 0.1) is 4.77 Å². The highest BCUT2D eigenvalue weighted by Crippen LogP contribution is 2.28. The molecular weight excluding hydrogens is 248 g/mol. The van der Waals surface area contributed by atoms with Crippen LogP contribution in [0.2, 0.25) is 0 Å². The Morgan fingerprint density at radius 3 is 3.06 bits per heavy atom. The number of fused-ring (bicyclic) bond motifs is 1. The van der Waals surface area contributed by atoms with Crippen LogP contribution in [0.3, 0.4) is 0 Å². The summed E-state index contributed by atoms with van der Waals surface area (Å²) in [5.41, 5.74) is 0. The quantitative estimate of drug-likeness (QED) is 0.762. The van der Waals surface area contributed by atoms with Crippen molar-refractivity contribution in [3.8, 4) is 0 Å². The smallest absolute Gasteiger partial charge is 0.198 e. The number of nitrogens with zero attached hydrogens (tertiary/aromatic N) is 4. The fraction of sp³-hybridized carbons (Fsp3) is 0.833. The molecule has 2 atom stereocenters. The molecule has 5 nitrogen and oxygen atoms in total. The van der Waals surface area contributed by atoms with Gasteiger partial charge in [-0.2, -0.15) is 5.10 Å². The zero-order valence-electron chi connectivity index (χ0n) is 10.8. The average Bonchev–Trinajstić information content (AvgIpc) is 2.71. The van der Waals surface area contributed by atoms with Gasteiger partial charge < -0.3 is 9.30 Å². The molecule has 1 aromatic rings. The van der Waals surface area contributed by atoms with E-state index in [2.05, 4.69) is 10.00 Å². The molecule has 0 unspecified atom stereocenters. The van der Waals surface area contributed by atoms with Gasteiger partial charge in [0.2, 0.25) is 0 Å². The standard InChI is InChI=1S/C12H20N4OS/c1-14-8-13-16(12(14)18)9-15-6-7-17-11-5-3-2-4-10(11)15/h8,10-11H,2-7,9H2,1H3/t10-,11-/m0/s1. The maximum absolute atomic E-state index is 5.88. The van der Waals surface area contributed by atoms with Gasteiger partial charge in [0.15, 0.2) is 4.77 Å². The van der Waals surface area contributed by atoms with Crippen molar-refractivity contribution < 1.29 is 4.74 Å². The first-order chi connectivity index (χ1) is 8.75. The lowest BCUT2D eigenvalue weighted by Crippen LogP contribution is -2.52. The Bertz CT molecular complexity index is 467. The summed E-state index contributed by atoms with van der Waals surface area (Å²) in [6.45, 7) is 2.62. The Morgan fingerprint density at radius 1 is 1.44 bits per heavy atom. The molecule has 2 fully saturated rings. The van der Waals surface area contributed by atoms with Gasteiger partial charge in [0, 0.05) is 19.6 Å². The topological polar surface area (TPSA) is 35.2 Å². The Kier molecular flexibility index (Phi) is 3.50. The lowest BCUT2D eigenvalue weighted by Gasteiger charge is -2.43. The van der Waals surface area contributed by atoms with Crippen LogP contribution in [0.15, 0.2) is 6.33 Å².